The first-order valence-corrected chi connectivity index (χ1v) is 5.08. The van der Waals surface area contributed by atoms with Crippen LogP contribution in [-0.4, -0.2) is 24.8 Å². The van der Waals surface area contributed by atoms with Crippen LogP contribution in [0.15, 0.2) is 12.1 Å². The number of esters is 1. The van der Waals surface area contributed by atoms with E-state index in [0.717, 1.165) is 0 Å². The second kappa shape index (κ2) is 5.75. The van der Waals surface area contributed by atoms with Crippen LogP contribution in [-0.2, 0) is 16.0 Å². The van der Waals surface area contributed by atoms with E-state index in [-0.39, 0.29) is 30.1 Å². The Labute approximate surface area is 99.2 Å². The van der Waals surface area contributed by atoms with Crippen molar-refractivity contribution in [2.45, 2.75) is 13.3 Å². The van der Waals surface area contributed by atoms with Crippen LogP contribution in [0.3, 0.4) is 0 Å². The largest absolute Gasteiger partial charge is 0.504 e. The number of carbonyl (C=O) groups is 1. The highest BCUT2D eigenvalue weighted by molar-refractivity contribution is 5.75. The molecule has 5 nitrogen and oxygen atoms in total. The Morgan fingerprint density at radius 2 is 2.24 bits per heavy atom. The molecular formula is C12H13NO4. The number of hydrogen-bond donors (Lipinski definition) is 1. The molecule has 0 fully saturated rings. The topological polar surface area (TPSA) is 79.6 Å². The molecule has 0 heterocycles. The summed E-state index contributed by atoms with van der Waals surface area (Å²) < 4.78 is 9.79. The fraction of sp³-hybridized carbons (Fsp3) is 0.333. The number of hydrogen-bond acceptors (Lipinski definition) is 5. The van der Waals surface area contributed by atoms with Crippen molar-refractivity contribution in [3.05, 3.63) is 23.3 Å². The van der Waals surface area contributed by atoms with Gasteiger partial charge in [-0.3, -0.25) is 4.79 Å². The van der Waals surface area contributed by atoms with E-state index in [2.05, 4.69) is 0 Å². The molecule has 0 radical (unpaired) electrons. The second-order valence-corrected chi connectivity index (χ2v) is 3.24. The molecule has 1 N–H and O–H groups in total. The maximum atomic E-state index is 11.4. The number of ether oxygens (including phenoxy) is 2. The first-order valence-electron chi connectivity index (χ1n) is 5.08. The van der Waals surface area contributed by atoms with Crippen molar-refractivity contribution in [2.75, 3.05) is 13.7 Å². The summed E-state index contributed by atoms with van der Waals surface area (Å²) in [5, 5.41) is 18.5. The Morgan fingerprint density at radius 1 is 1.53 bits per heavy atom. The molecule has 0 saturated heterocycles. The molecule has 0 saturated carbocycles. The summed E-state index contributed by atoms with van der Waals surface area (Å²) in [5.41, 5.74) is 0.626. The molecule has 1 aromatic carbocycles. The van der Waals surface area contributed by atoms with Crippen molar-refractivity contribution in [2.24, 2.45) is 0 Å². The lowest BCUT2D eigenvalue weighted by atomic mass is 10.0. The minimum Gasteiger partial charge on any atom is -0.504 e. The minimum atomic E-state index is -0.465. The summed E-state index contributed by atoms with van der Waals surface area (Å²) >= 11 is 0. The highest BCUT2D eigenvalue weighted by Crippen LogP contribution is 2.32. The molecule has 5 heteroatoms. The van der Waals surface area contributed by atoms with Crippen molar-refractivity contribution < 1.29 is 19.4 Å². The normalized spacial score (nSPS) is 9.47. The smallest absolute Gasteiger partial charge is 0.310 e. The van der Waals surface area contributed by atoms with Gasteiger partial charge in [0.05, 0.1) is 31.8 Å². The van der Waals surface area contributed by atoms with Crippen molar-refractivity contribution in [3.8, 4) is 17.6 Å². The predicted octanol–water partition coefficient (Wildman–Crippen LogP) is 1.38. The Hall–Kier alpha value is -2.22. The van der Waals surface area contributed by atoms with E-state index in [4.69, 9.17) is 14.7 Å². The third-order valence-electron chi connectivity index (χ3n) is 2.19. The molecular weight excluding hydrogens is 222 g/mol. The van der Waals surface area contributed by atoms with E-state index < -0.39 is 5.97 Å². The Bertz CT molecular complexity index is 462. The van der Waals surface area contributed by atoms with Gasteiger partial charge in [-0.1, -0.05) is 0 Å². The molecule has 1 aromatic rings. The van der Waals surface area contributed by atoms with Crippen LogP contribution in [0.2, 0.25) is 0 Å². The van der Waals surface area contributed by atoms with Gasteiger partial charge in [-0.25, -0.2) is 0 Å². The summed E-state index contributed by atoms with van der Waals surface area (Å²) in [5.74, 6) is -0.434. The number of benzene rings is 1. The van der Waals surface area contributed by atoms with Crippen LogP contribution in [0.1, 0.15) is 18.1 Å². The maximum absolute atomic E-state index is 11.4. The molecule has 17 heavy (non-hydrogen) atoms. The summed E-state index contributed by atoms with van der Waals surface area (Å²) in [7, 11) is 1.37. The Balaban J connectivity index is 3.15. The summed E-state index contributed by atoms with van der Waals surface area (Å²) in [4.78, 5) is 11.4. The first kappa shape index (κ1) is 12.8. The van der Waals surface area contributed by atoms with Crippen molar-refractivity contribution >= 4 is 5.97 Å². The lowest BCUT2D eigenvalue weighted by molar-refractivity contribution is -0.142. The molecule has 0 aliphatic rings. The molecule has 0 unspecified atom stereocenters. The molecule has 0 aliphatic heterocycles. The van der Waals surface area contributed by atoms with E-state index in [0.29, 0.717) is 5.56 Å². The molecule has 0 aliphatic carbocycles. The predicted molar refractivity (Wildman–Crippen MR) is 59.7 cm³/mol. The van der Waals surface area contributed by atoms with E-state index in [1.807, 2.05) is 6.07 Å². The van der Waals surface area contributed by atoms with Gasteiger partial charge in [-0.15, -0.1) is 0 Å². The average molecular weight is 235 g/mol. The van der Waals surface area contributed by atoms with E-state index in [1.165, 1.54) is 19.2 Å². The van der Waals surface area contributed by atoms with E-state index >= 15 is 0 Å². The molecule has 1 rings (SSSR count). The monoisotopic (exact) mass is 235 g/mol. The minimum absolute atomic E-state index is 0.103. The number of carbonyl (C=O) groups excluding carboxylic acids is 1. The van der Waals surface area contributed by atoms with E-state index in [1.54, 1.807) is 6.92 Å². The van der Waals surface area contributed by atoms with Gasteiger partial charge in [0.15, 0.2) is 11.5 Å². The van der Waals surface area contributed by atoms with Gasteiger partial charge in [0, 0.05) is 5.56 Å². The standard InChI is InChI=1S/C12H13NO4/c1-3-17-11(15)6-9-8(7-13)4-5-10(14)12(9)16-2/h4-5,14H,3,6H2,1-2H3. The number of rotatable bonds is 4. The fourth-order valence-corrected chi connectivity index (χ4v) is 1.48. The quantitative estimate of drug-likeness (QED) is 0.797. The Kier molecular flexibility index (Phi) is 4.35. The number of nitriles is 1. The highest BCUT2D eigenvalue weighted by atomic mass is 16.5. The SMILES string of the molecule is CCOC(=O)Cc1c(C#N)ccc(O)c1OC. The number of nitrogens with zero attached hydrogens (tertiary/aromatic N) is 1. The van der Waals surface area contributed by atoms with Crippen LogP contribution in [0.4, 0.5) is 0 Å². The third kappa shape index (κ3) is 2.88. The average Bonchev–Trinajstić information content (AvgIpc) is 2.30. The highest BCUT2D eigenvalue weighted by Gasteiger charge is 2.17. The van der Waals surface area contributed by atoms with Gasteiger partial charge in [0.25, 0.3) is 0 Å². The molecule has 0 bridgehead atoms. The molecule has 0 spiro atoms. The van der Waals surface area contributed by atoms with Gasteiger partial charge in [0.1, 0.15) is 0 Å². The van der Waals surface area contributed by atoms with Gasteiger partial charge in [0.2, 0.25) is 0 Å². The van der Waals surface area contributed by atoms with Crippen LogP contribution >= 0.6 is 0 Å². The second-order valence-electron chi connectivity index (χ2n) is 3.24. The van der Waals surface area contributed by atoms with Gasteiger partial charge >= 0.3 is 5.97 Å². The van der Waals surface area contributed by atoms with Crippen molar-refractivity contribution in [1.82, 2.24) is 0 Å². The van der Waals surface area contributed by atoms with Gasteiger partial charge in [-0.2, -0.15) is 5.26 Å². The summed E-state index contributed by atoms with van der Waals surface area (Å²) in [6.45, 7) is 1.96. The number of phenols is 1. The summed E-state index contributed by atoms with van der Waals surface area (Å²) in [6.07, 6.45) is -0.103. The van der Waals surface area contributed by atoms with Crippen LogP contribution in [0.5, 0.6) is 11.5 Å². The van der Waals surface area contributed by atoms with Gasteiger partial charge in [-0.05, 0) is 19.1 Å². The van der Waals surface area contributed by atoms with Crippen LogP contribution < -0.4 is 4.74 Å². The Morgan fingerprint density at radius 3 is 2.76 bits per heavy atom. The molecule has 0 atom stereocenters. The van der Waals surface area contributed by atoms with Crippen LogP contribution in [0.25, 0.3) is 0 Å². The number of phenolic OH excluding ortho intramolecular Hbond substituents is 1. The maximum Gasteiger partial charge on any atom is 0.310 e. The molecule has 90 valence electrons. The fourth-order valence-electron chi connectivity index (χ4n) is 1.48. The van der Waals surface area contributed by atoms with Crippen LogP contribution in [0, 0.1) is 11.3 Å². The molecule has 0 aromatic heterocycles. The number of aromatic hydroxyl groups is 1. The lowest BCUT2D eigenvalue weighted by Crippen LogP contribution is -2.10. The first-order chi connectivity index (χ1) is 8.13. The van der Waals surface area contributed by atoms with Gasteiger partial charge < -0.3 is 14.6 Å². The van der Waals surface area contributed by atoms with Crippen molar-refractivity contribution in [1.29, 1.82) is 5.26 Å². The van der Waals surface area contributed by atoms with E-state index in [9.17, 15) is 9.90 Å². The summed E-state index contributed by atoms with van der Waals surface area (Å²) in [6, 6.07) is 4.74. The zero-order valence-electron chi connectivity index (χ0n) is 9.69. The zero-order valence-corrected chi connectivity index (χ0v) is 9.69. The lowest BCUT2D eigenvalue weighted by Gasteiger charge is -2.11. The van der Waals surface area contributed by atoms with Crippen molar-refractivity contribution in [3.63, 3.8) is 0 Å². The molecule has 0 amide bonds. The zero-order chi connectivity index (χ0) is 12.8. The number of methoxy groups -OCH3 is 1. The third-order valence-corrected chi connectivity index (χ3v) is 2.19.